The fraction of sp³-hybridized carbons (Fsp3) is 0.810. The van der Waals surface area contributed by atoms with E-state index in [0.29, 0.717) is 19.3 Å². The molecule has 0 aliphatic heterocycles. The second-order valence-corrected chi connectivity index (χ2v) is 8.56. The predicted molar refractivity (Wildman–Crippen MR) is 115 cm³/mol. The molecule has 6 atom stereocenters. The third-order valence-electron chi connectivity index (χ3n) is 5.32. The first-order valence-electron chi connectivity index (χ1n) is 10.7. The van der Waals surface area contributed by atoms with Gasteiger partial charge < -0.3 is 26.8 Å². The molecule has 0 aromatic carbocycles. The molecular weight excluding hydrogens is 388 g/mol. The molecule has 0 aromatic rings. The second-order valence-electron chi connectivity index (χ2n) is 8.56. The molecule has 6 unspecified atom stereocenters. The van der Waals surface area contributed by atoms with E-state index < -0.39 is 47.9 Å². The maximum absolute atomic E-state index is 12.9. The normalized spacial score (nSPS) is 17.2. The smallest absolute Gasteiger partial charge is 0.326 e. The van der Waals surface area contributed by atoms with Gasteiger partial charge in [-0.25, -0.2) is 4.79 Å². The minimum Gasteiger partial charge on any atom is -0.480 e. The average Bonchev–Trinajstić information content (AvgIpc) is 2.67. The van der Waals surface area contributed by atoms with Crippen LogP contribution in [0, 0.1) is 17.8 Å². The van der Waals surface area contributed by atoms with Crippen LogP contribution in [0.2, 0.25) is 0 Å². The van der Waals surface area contributed by atoms with E-state index in [-0.39, 0.29) is 17.8 Å². The lowest BCUT2D eigenvalue weighted by Crippen LogP contribution is -2.59. The Morgan fingerprint density at radius 1 is 0.767 bits per heavy atom. The van der Waals surface area contributed by atoms with Crippen molar-refractivity contribution in [2.24, 2.45) is 23.5 Å². The van der Waals surface area contributed by atoms with Gasteiger partial charge in [0.25, 0.3) is 0 Å². The van der Waals surface area contributed by atoms with Crippen molar-refractivity contribution in [3.8, 4) is 0 Å². The number of carbonyl (C=O) groups is 4. The number of nitrogens with one attached hydrogen (secondary N) is 3. The molecule has 0 aromatic heterocycles. The molecule has 0 saturated heterocycles. The summed E-state index contributed by atoms with van der Waals surface area (Å²) in [6.45, 7) is 12.6. The number of rotatable bonds is 13. The Morgan fingerprint density at radius 2 is 1.23 bits per heavy atom. The van der Waals surface area contributed by atoms with Gasteiger partial charge in [0.2, 0.25) is 17.7 Å². The van der Waals surface area contributed by atoms with Crippen molar-refractivity contribution in [1.82, 2.24) is 16.0 Å². The maximum Gasteiger partial charge on any atom is 0.326 e. The van der Waals surface area contributed by atoms with Gasteiger partial charge >= 0.3 is 5.97 Å². The van der Waals surface area contributed by atoms with Crippen LogP contribution < -0.4 is 21.7 Å². The third kappa shape index (κ3) is 9.11. The quantitative estimate of drug-likeness (QED) is 0.295. The summed E-state index contributed by atoms with van der Waals surface area (Å²) in [4.78, 5) is 49.4. The van der Waals surface area contributed by atoms with E-state index in [1.807, 2.05) is 34.6 Å². The van der Waals surface area contributed by atoms with Crippen LogP contribution in [-0.2, 0) is 19.2 Å². The Kier molecular flexibility index (Phi) is 12.3. The molecule has 0 radical (unpaired) electrons. The van der Waals surface area contributed by atoms with Gasteiger partial charge in [0.15, 0.2) is 0 Å². The molecule has 0 bridgehead atoms. The van der Waals surface area contributed by atoms with Crippen LogP contribution in [0.25, 0.3) is 0 Å². The standard InChI is InChI=1S/C21H40N4O5/c1-8-12(5)16(24-18(26)14(7)22)20(28)23-15(10-11(3)4)19(27)25-17(21(29)30)13(6)9-2/h11-17H,8-10,22H2,1-7H3,(H,23,28)(H,24,26)(H,25,27)(H,29,30). The van der Waals surface area contributed by atoms with Crippen LogP contribution in [0.5, 0.6) is 0 Å². The fourth-order valence-electron chi connectivity index (χ4n) is 2.89. The van der Waals surface area contributed by atoms with E-state index in [2.05, 4.69) is 16.0 Å². The highest BCUT2D eigenvalue weighted by atomic mass is 16.4. The molecule has 174 valence electrons. The summed E-state index contributed by atoms with van der Waals surface area (Å²) in [6.07, 6.45) is 1.55. The van der Waals surface area contributed by atoms with E-state index in [9.17, 15) is 24.3 Å². The van der Waals surface area contributed by atoms with Crippen molar-refractivity contribution in [3.05, 3.63) is 0 Å². The molecular formula is C21H40N4O5. The molecule has 3 amide bonds. The first kappa shape index (κ1) is 27.8. The zero-order valence-electron chi connectivity index (χ0n) is 19.3. The average molecular weight is 429 g/mol. The lowest BCUT2D eigenvalue weighted by molar-refractivity contribution is -0.144. The molecule has 0 heterocycles. The number of carboxylic acids is 1. The monoisotopic (exact) mass is 428 g/mol. The van der Waals surface area contributed by atoms with Gasteiger partial charge in [-0.1, -0.05) is 54.4 Å². The highest BCUT2D eigenvalue weighted by Gasteiger charge is 2.33. The maximum atomic E-state index is 12.9. The van der Waals surface area contributed by atoms with Crippen molar-refractivity contribution in [2.45, 2.75) is 91.9 Å². The highest BCUT2D eigenvalue weighted by molar-refractivity contribution is 5.94. The fourth-order valence-corrected chi connectivity index (χ4v) is 2.89. The Bertz CT molecular complexity index is 594. The largest absolute Gasteiger partial charge is 0.480 e. The van der Waals surface area contributed by atoms with E-state index in [1.54, 1.807) is 6.92 Å². The zero-order valence-corrected chi connectivity index (χ0v) is 19.3. The minimum atomic E-state index is -1.12. The molecule has 6 N–H and O–H groups in total. The molecule has 0 aliphatic rings. The van der Waals surface area contributed by atoms with E-state index in [0.717, 1.165) is 0 Å². The zero-order chi connectivity index (χ0) is 23.6. The van der Waals surface area contributed by atoms with Crippen LogP contribution in [-0.4, -0.2) is 53.0 Å². The number of hydrogen-bond donors (Lipinski definition) is 5. The van der Waals surface area contributed by atoms with Gasteiger partial charge in [-0.2, -0.15) is 0 Å². The lowest BCUT2D eigenvalue weighted by Gasteiger charge is -2.29. The summed E-state index contributed by atoms with van der Waals surface area (Å²) in [7, 11) is 0. The molecule has 30 heavy (non-hydrogen) atoms. The number of amides is 3. The number of aliphatic carboxylic acids is 1. The number of nitrogens with two attached hydrogens (primary N) is 1. The predicted octanol–water partition coefficient (Wildman–Crippen LogP) is 1.01. The van der Waals surface area contributed by atoms with E-state index in [1.165, 1.54) is 6.92 Å². The van der Waals surface area contributed by atoms with Crippen LogP contribution >= 0.6 is 0 Å². The van der Waals surface area contributed by atoms with Gasteiger partial charge in [0, 0.05) is 0 Å². The van der Waals surface area contributed by atoms with Gasteiger partial charge in [-0.3, -0.25) is 14.4 Å². The van der Waals surface area contributed by atoms with Gasteiger partial charge in [0.1, 0.15) is 18.1 Å². The topological polar surface area (TPSA) is 151 Å². The second kappa shape index (κ2) is 13.2. The molecule has 0 saturated carbocycles. The van der Waals surface area contributed by atoms with Crippen molar-refractivity contribution < 1.29 is 24.3 Å². The van der Waals surface area contributed by atoms with E-state index >= 15 is 0 Å². The molecule has 0 spiro atoms. The SMILES string of the molecule is CCC(C)C(NC(=O)C(CC(C)C)NC(=O)C(NC(=O)C(C)N)C(C)CC)C(=O)O. The summed E-state index contributed by atoms with van der Waals surface area (Å²) < 4.78 is 0. The Hall–Kier alpha value is -2.16. The first-order chi connectivity index (χ1) is 13.8. The number of carboxylic acid groups (broad SMARTS) is 1. The van der Waals surface area contributed by atoms with Crippen molar-refractivity contribution in [2.75, 3.05) is 0 Å². The third-order valence-corrected chi connectivity index (χ3v) is 5.32. The summed E-state index contributed by atoms with van der Waals surface area (Å²) in [5.74, 6) is -2.98. The molecule has 9 heteroatoms. The molecule has 0 rings (SSSR count). The highest BCUT2D eigenvalue weighted by Crippen LogP contribution is 2.13. The summed E-state index contributed by atoms with van der Waals surface area (Å²) in [6, 6.07) is -3.58. The Balaban J connectivity index is 5.54. The Morgan fingerprint density at radius 3 is 1.63 bits per heavy atom. The van der Waals surface area contributed by atoms with Gasteiger partial charge in [0.05, 0.1) is 6.04 Å². The van der Waals surface area contributed by atoms with Gasteiger partial charge in [-0.05, 0) is 31.1 Å². The van der Waals surface area contributed by atoms with Crippen molar-refractivity contribution >= 4 is 23.7 Å². The van der Waals surface area contributed by atoms with Crippen LogP contribution in [0.4, 0.5) is 0 Å². The van der Waals surface area contributed by atoms with Crippen LogP contribution in [0.15, 0.2) is 0 Å². The van der Waals surface area contributed by atoms with Crippen molar-refractivity contribution in [1.29, 1.82) is 0 Å². The van der Waals surface area contributed by atoms with Gasteiger partial charge in [-0.15, -0.1) is 0 Å². The molecule has 0 fully saturated rings. The summed E-state index contributed by atoms with van der Waals surface area (Å²) in [5.41, 5.74) is 5.60. The molecule has 0 aliphatic carbocycles. The number of carbonyl (C=O) groups excluding carboxylic acids is 3. The first-order valence-corrected chi connectivity index (χ1v) is 10.7. The Labute approximate surface area is 179 Å². The number of hydrogen-bond acceptors (Lipinski definition) is 5. The summed E-state index contributed by atoms with van der Waals surface area (Å²) >= 11 is 0. The van der Waals surface area contributed by atoms with Crippen molar-refractivity contribution in [3.63, 3.8) is 0 Å². The lowest BCUT2D eigenvalue weighted by atomic mass is 9.95. The minimum absolute atomic E-state index is 0.0774. The summed E-state index contributed by atoms with van der Waals surface area (Å²) in [5, 5.41) is 17.4. The van der Waals surface area contributed by atoms with Crippen LogP contribution in [0.3, 0.4) is 0 Å². The van der Waals surface area contributed by atoms with Crippen LogP contribution in [0.1, 0.15) is 67.7 Å². The molecule has 9 nitrogen and oxygen atoms in total. The van der Waals surface area contributed by atoms with E-state index in [4.69, 9.17) is 5.73 Å².